The summed E-state index contributed by atoms with van der Waals surface area (Å²) in [4.78, 5) is 31.1. The molecule has 5 heteroatoms. The van der Waals surface area contributed by atoms with E-state index in [1.165, 1.54) is 11.8 Å². The maximum atomic E-state index is 13.0. The molecule has 130 valence electrons. The predicted octanol–water partition coefficient (Wildman–Crippen LogP) is 3.06. The van der Waals surface area contributed by atoms with E-state index in [0.717, 1.165) is 18.5 Å². The molecule has 2 aromatic rings. The molecular weight excluding hydrogens is 314 g/mol. The number of nitrogens with zero attached hydrogens (tertiary/aromatic N) is 2. The molecule has 0 fully saturated rings. The van der Waals surface area contributed by atoms with Crippen molar-refractivity contribution in [2.75, 3.05) is 18.0 Å². The average molecular weight is 337 g/mol. The monoisotopic (exact) mass is 337 g/mol. The number of hydrogen-bond donors (Lipinski definition) is 1. The summed E-state index contributed by atoms with van der Waals surface area (Å²) in [6.07, 6.45) is 3.45. The number of carbonyl (C=O) groups is 2. The average Bonchev–Trinajstić information content (AvgIpc) is 2.65. The summed E-state index contributed by atoms with van der Waals surface area (Å²) < 4.78 is 0. The van der Waals surface area contributed by atoms with Crippen LogP contribution in [0, 0.1) is 5.92 Å². The second-order valence-electron chi connectivity index (χ2n) is 6.72. The number of nitrogens with one attached hydrogen (secondary N) is 1. The van der Waals surface area contributed by atoms with Gasteiger partial charge in [0.2, 0.25) is 0 Å². The maximum Gasteiger partial charge on any atom is 0.269 e. The Balaban J connectivity index is 1.82. The van der Waals surface area contributed by atoms with Crippen LogP contribution in [0.5, 0.6) is 0 Å². The van der Waals surface area contributed by atoms with E-state index >= 15 is 0 Å². The minimum atomic E-state index is -0.248. The van der Waals surface area contributed by atoms with E-state index in [1.807, 2.05) is 32.0 Å². The fourth-order valence-corrected chi connectivity index (χ4v) is 2.98. The van der Waals surface area contributed by atoms with Crippen molar-refractivity contribution in [2.24, 2.45) is 5.92 Å². The molecule has 1 aliphatic heterocycles. The number of anilines is 1. The second-order valence-corrected chi connectivity index (χ2v) is 6.72. The zero-order chi connectivity index (χ0) is 17.8. The van der Waals surface area contributed by atoms with Crippen molar-refractivity contribution in [3.05, 3.63) is 59.4 Å². The lowest BCUT2D eigenvalue weighted by atomic mass is 10.0. The van der Waals surface area contributed by atoms with Gasteiger partial charge in [0.1, 0.15) is 5.69 Å². The number of rotatable bonds is 4. The largest absolute Gasteiger partial charge is 0.350 e. The number of aryl methyl sites for hydroxylation is 1. The normalized spacial score (nSPS) is 13.5. The summed E-state index contributed by atoms with van der Waals surface area (Å²) in [6, 6.07) is 11.2. The smallest absolute Gasteiger partial charge is 0.269 e. The van der Waals surface area contributed by atoms with Gasteiger partial charge in [0, 0.05) is 30.5 Å². The fourth-order valence-electron chi connectivity index (χ4n) is 2.98. The molecule has 2 amide bonds. The Hall–Kier alpha value is -2.69. The summed E-state index contributed by atoms with van der Waals surface area (Å²) in [5.74, 6) is 0.0217. The summed E-state index contributed by atoms with van der Waals surface area (Å²) in [5.41, 5.74) is 2.91. The molecule has 5 nitrogen and oxygen atoms in total. The lowest BCUT2D eigenvalue weighted by Gasteiger charge is -2.29. The van der Waals surface area contributed by atoms with Crippen LogP contribution < -0.4 is 10.2 Å². The first-order valence-electron chi connectivity index (χ1n) is 8.70. The van der Waals surface area contributed by atoms with Gasteiger partial charge in [-0.05, 0) is 42.5 Å². The van der Waals surface area contributed by atoms with E-state index in [2.05, 4.69) is 16.4 Å². The summed E-state index contributed by atoms with van der Waals surface area (Å²) in [5, 5.41) is 2.83. The molecular formula is C20H23N3O2. The van der Waals surface area contributed by atoms with E-state index < -0.39 is 0 Å². The van der Waals surface area contributed by atoms with Gasteiger partial charge >= 0.3 is 0 Å². The Labute approximate surface area is 148 Å². The first-order valence-corrected chi connectivity index (χ1v) is 8.70. The quantitative estimate of drug-likeness (QED) is 0.933. The summed E-state index contributed by atoms with van der Waals surface area (Å²) >= 11 is 0. The van der Waals surface area contributed by atoms with E-state index in [9.17, 15) is 9.59 Å². The van der Waals surface area contributed by atoms with E-state index in [1.54, 1.807) is 17.0 Å². The van der Waals surface area contributed by atoms with Crippen molar-refractivity contribution in [1.29, 1.82) is 0 Å². The van der Waals surface area contributed by atoms with Crippen LogP contribution in [-0.4, -0.2) is 29.9 Å². The maximum absolute atomic E-state index is 13.0. The molecule has 3 rings (SSSR count). The Morgan fingerprint density at radius 2 is 2.04 bits per heavy atom. The van der Waals surface area contributed by atoms with Gasteiger partial charge < -0.3 is 10.2 Å². The van der Waals surface area contributed by atoms with Crippen LogP contribution in [0.4, 0.5) is 5.69 Å². The van der Waals surface area contributed by atoms with Crippen molar-refractivity contribution < 1.29 is 9.59 Å². The molecule has 1 N–H and O–H groups in total. The third kappa shape index (κ3) is 3.87. The molecule has 0 saturated heterocycles. The summed E-state index contributed by atoms with van der Waals surface area (Å²) in [6.45, 7) is 5.33. The second kappa shape index (κ2) is 7.47. The zero-order valence-electron chi connectivity index (χ0n) is 14.7. The third-order valence-electron chi connectivity index (χ3n) is 4.27. The van der Waals surface area contributed by atoms with Crippen LogP contribution >= 0.6 is 0 Å². The molecule has 0 unspecified atom stereocenters. The third-order valence-corrected chi connectivity index (χ3v) is 4.27. The number of fused-ring (bicyclic) bond motifs is 1. The highest BCUT2D eigenvalue weighted by atomic mass is 16.2. The molecule has 0 bridgehead atoms. The first-order chi connectivity index (χ1) is 12.1. The topological polar surface area (TPSA) is 62.3 Å². The van der Waals surface area contributed by atoms with Crippen molar-refractivity contribution in [1.82, 2.24) is 10.3 Å². The van der Waals surface area contributed by atoms with Gasteiger partial charge in [-0.25, -0.2) is 0 Å². The van der Waals surface area contributed by atoms with Gasteiger partial charge in [0.25, 0.3) is 11.8 Å². The van der Waals surface area contributed by atoms with Crippen molar-refractivity contribution in [3.8, 4) is 0 Å². The molecule has 0 aliphatic carbocycles. The summed E-state index contributed by atoms with van der Waals surface area (Å²) in [7, 11) is 0. The molecule has 1 aliphatic rings. The molecule has 2 heterocycles. The van der Waals surface area contributed by atoms with E-state index in [0.29, 0.717) is 24.6 Å². The van der Waals surface area contributed by atoms with Crippen LogP contribution in [-0.2, 0) is 6.42 Å². The molecule has 25 heavy (non-hydrogen) atoms. The zero-order valence-corrected chi connectivity index (χ0v) is 14.7. The number of amides is 2. The van der Waals surface area contributed by atoms with Gasteiger partial charge in [0.05, 0.1) is 0 Å². The standard InChI is InChI=1S/C20H23N3O2/c1-14(2)13-22-19(24)17-12-16(9-10-21-17)20(25)23-11-5-7-15-6-3-4-8-18(15)23/h3-4,6,8-10,12,14H,5,7,11,13H2,1-2H3,(H,22,24). The lowest BCUT2D eigenvalue weighted by molar-refractivity contribution is 0.0944. The Bertz CT molecular complexity index is 786. The number of pyridine rings is 1. The van der Waals surface area contributed by atoms with Crippen molar-refractivity contribution in [2.45, 2.75) is 26.7 Å². The molecule has 0 radical (unpaired) electrons. The van der Waals surface area contributed by atoms with Crippen LogP contribution in [0.25, 0.3) is 0 Å². The Morgan fingerprint density at radius 1 is 1.24 bits per heavy atom. The Morgan fingerprint density at radius 3 is 2.84 bits per heavy atom. The van der Waals surface area contributed by atoms with Crippen LogP contribution in [0.2, 0.25) is 0 Å². The highest BCUT2D eigenvalue weighted by Crippen LogP contribution is 2.28. The van der Waals surface area contributed by atoms with Gasteiger partial charge in [0.15, 0.2) is 0 Å². The number of hydrogen-bond acceptors (Lipinski definition) is 3. The van der Waals surface area contributed by atoms with Crippen LogP contribution in [0.1, 0.15) is 46.7 Å². The van der Waals surface area contributed by atoms with Gasteiger partial charge in [-0.2, -0.15) is 0 Å². The molecule has 1 aromatic heterocycles. The fraction of sp³-hybridized carbons (Fsp3) is 0.350. The number of para-hydroxylation sites is 1. The number of carbonyl (C=O) groups excluding carboxylic acids is 2. The molecule has 1 aromatic carbocycles. The van der Waals surface area contributed by atoms with Crippen molar-refractivity contribution in [3.63, 3.8) is 0 Å². The highest BCUT2D eigenvalue weighted by molar-refractivity contribution is 6.07. The minimum Gasteiger partial charge on any atom is -0.350 e. The highest BCUT2D eigenvalue weighted by Gasteiger charge is 2.24. The molecule has 0 saturated carbocycles. The van der Waals surface area contributed by atoms with Crippen molar-refractivity contribution >= 4 is 17.5 Å². The lowest BCUT2D eigenvalue weighted by Crippen LogP contribution is -2.35. The van der Waals surface area contributed by atoms with Crippen LogP contribution in [0.3, 0.4) is 0 Å². The van der Waals surface area contributed by atoms with Gasteiger partial charge in [-0.15, -0.1) is 0 Å². The van der Waals surface area contributed by atoms with E-state index in [4.69, 9.17) is 0 Å². The minimum absolute atomic E-state index is 0.0903. The predicted molar refractivity (Wildman–Crippen MR) is 97.8 cm³/mol. The van der Waals surface area contributed by atoms with Gasteiger partial charge in [-0.1, -0.05) is 32.0 Å². The first kappa shape index (κ1) is 17.1. The Kier molecular flexibility index (Phi) is 5.12. The van der Waals surface area contributed by atoms with Gasteiger partial charge in [-0.3, -0.25) is 14.6 Å². The molecule has 0 atom stereocenters. The van der Waals surface area contributed by atoms with E-state index in [-0.39, 0.29) is 17.5 Å². The van der Waals surface area contributed by atoms with Crippen LogP contribution in [0.15, 0.2) is 42.6 Å². The molecule has 0 spiro atoms. The number of benzene rings is 1. The number of aromatic nitrogens is 1. The SMILES string of the molecule is CC(C)CNC(=O)c1cc(C(=O)N2CCCc3ccccc32)ccn1.